The van der Waals surface area contributed by atoms with Crippen LogP contribution in [0.4, 0.5) is 0 Å². The van der Waals surface area contributed by atoms with Crippen LogP contribution in [0.2, 0.25) is 0 Å². The van der Waals surface area contributed by atoms with Crippen molar-refractivity contribution in [3.63, 3.8) is 0 Å². The maximum absolute atomic E-state index is 9.10. The van der Waals surface area contributed by atoms with E-state index in [2.05, 4.69) is 26.8 Å². The summed E-state index contributed by atoms with van der Waals surface area (Å²) in [4.78, 5) is 0. The first-order chi connectivity index (χ1) is 5.06. The summed E-state index contributed by atoms with van der Waals surface area (Å²) in [5.74, 6) is 0.372. The topological polar surface area (TPSA) is 20.2 Å². The molecule has 0 saturated heterocycles. The highest BCUT2D eigenvalue weighted by Crippen LogP contribution is 2.38. The molecule has 0 aromatic carbocycles. The van der Waals surface area contributed by atoms with E-state index in [1.54, 1.807) is 0 Å². The van der Waals surface area contributed by atoms with Gasteiger partial charge in [0.15, 0.2) is 0 Å². The van der Waals surface area contributed by atoms with Crippen LogP contribution in [-0.2, 0) is 0 Å². The Labute approximate surface area is 69.1 Å². The van der Waals surface area contributed by atoms with E-state index < -0.39 is 0 Å². The summed E-state index contributed by atoms with van der Waals surface area (Å²) in [5.41, 5.74) is 1.73. The zero-order valence-corrected chi connectivity index (χ0v) is 7.72. The molecular weight excluding hydrogens is 136 g/mol. The van der Waals surface area contributed by atoms with Gasteiger partial charge in [0.1, 0.15) is 0 Å². The first kappa shape index (κ1) is 8.79. The highest BCUT2D eigenvalue weighted by atomic mass is 16.3. The minimum Gasteiger partial charge on any atom is -0.396 e. The Morgan fingerprint density at radius 1 is 1.64 bits per heavy atom. The highest BCUT2D eigenvalue weighted by molar-refractivity contribution is 5.09. The van der Waals surface area contributed by atoms with Crippen LogP contribution in [0.15, 0.2) is 11.6 Å². The van der Waals surface area contributed by atoms with E-state index >= 15 is 0 Å². The quantitative estimate of drug-likeness (QED) is 0.575. The zero-order chi connectivity index (χ0) is 8.48. The van der Waals surface area contributed by atoms with Gasteiger partial charge < -0.3 is 5.11 Å². The molecule has 1 unspecified atom stereocenters. The largest absolute Gasteiger partial charge is 0.396 e. The third-order valence-electron chi connectivity index (χ3n) is 2.85. The van der Waals surface area contributed by atoms with Gasteiger partial charge in [-0.2, -0.15) is 0 Å². The summed E-state index contributed by atoms with van der Waals surface area (Å²) in [6.45, 7) is 6.91. The Kier molecular flexibility index (Phi) is 2.38. The summed E-state index contributed by atoms with van der Waals surface area (Å²) >= 11 is 0. The lowest BCUT2D eigenvalue weighted by atomic mass is 9.71. The second-order valence-corrected chi connectivity index (χ2v) is 4.29. The van der Waals surface area contributed by atoms with Gasteiger partial charge in [-0.15, -0.1) is 0 Å². The second kappa shape index (κ2) is 2.98. The number of allylic oxidation sites excluding steroid dienone is 1. The molecule has 1 aliphatic carbocycles. The molecule has 11 heavy (non-hydrogen) atoms. The molecule has 0 fully saturated rings. The van der Waals surface area contributed by atoms with Crippen molar-refractivity contribution in [2.75, 3.05) is 6.61 Å². The minimum atomic E-state index is 0.296. The second-order valence-electron chi connectivity index (χ2n) is 4.29. The first-order valence-corrected chi connectivity index (χ1v) is 4.34. The molecule has 0 spiro atoms. The van der Waals surface area contributed by atoms with Crippen LogP contribution in [0.25, 0.3) is 0 Å². The van der Waals surface area contributed by atoms with Gasteiger partial charge in [0.2, 0.25) is 0 Å². The average molecular weight is 154 g/mol. The summed E-state index contributed by atoms with van der Waals surface area (Å²) in [5, 5.41) is 9.10. The SMILES string of the molecule is CC1=CC(CO)C(C)(C)CC1. The van der Waals surface area contributed by atoms with Gasteiger partial charge in [0.25, 0.3) is 0 Å². The summed E-state index contributed by atoms with van der Waals surface area (Å²) in [6.07, 6.45) is 4.63. The van der Waals surface area contributed by atoms with Gasteiger partial charge in [-0.1, -0.05) is 25.5 Å². The van der Waals surface area contributed by atoms with E-state index in [0.717, 1.165) is 0 Å². The highest BCUT2D eigenvalue weighted by Gasteiger charge is 2.29. The van der Waals surface area contributed by atoms with Gasteiger partial charge in [0.05, 0.1) is 0 Å². The summed E-state index contributed by atoms with van der Waals surface area (Å²) in [7, 11) is 0. The molecule has 1 nitrogen and oxygen atoms in total. The number of aliphatic hydroxyl groups is 1. The minimum absolute atomic E-state index is 0.296. The van der Waals surface area contributed by atoms with Crippen molar-refractivity contribution in [2.24, 2.45) is 11.3 Å². The Morgan fingerprint density at radius 3 is 2.73 bits per heavy atom. The van der Waals surface area contributed by atoms with Crippen LogP contribution in [0.1, 0.15) is 33.6 Å². The monoisotopic (exact) mass is 154 g/mol. The molecule has 0 saturated carbocycles. The van der Waals surface area contributed by atoms with Crippen LogP contribution in [0.5, 0.6) is 0 Å². The lowest BCUT2D eigenvalue weighted by Crippen LogP contribution is -2.28. The molecule has 0 aromatic rings. The molecule has 0 radical (unpaired) electrons. The lowest BCUT2D eigenvalue weighted by Gasteiger charge is -2.35. The van der Waals surface area contributed by atoms with E-state index in [9.17, 15) is 0 Å². The van der Waals surface area contributed by atoms with Crippen molar-refractivity contribution in [2.45, 2.75) is 33.6 Å². The molecular formula is C10H18O. The maximum Gasteiger partial charge on any atom is 0.0499 e. The molecule has 1 N–H and O–H groups in total. The number of aliphatic hydroxyl groups excluding tert-OH is 1. The van der Waals surface area contributed by atoms with Crippen molar-refractivity contribution in [3.05, 3.63) is 11.6 Å². The Balaban J connectivity index is 2.75. The number of hydrogen-bond acceptors (Lipinski definition) is 1. The van der Waals surface area contributed by atoms with Crippen molar-refractivity contribution in [1.82, 2.24) is 0 Å². The molecule has 1 atom stereocenters. The van der Waals surface area contributed by atoms with E-state index in [1.807, 2.05) is 0 Å². The van der Waals surface area contributed by atoms with Crippen molar-refractivity contribution in [1.29, 1.82) is 0 Å². The molecule has 1 aliphatic rings. The van der Waals surface area contributed by atoms with Gasteiger partial charge in [-0.3, -0.25) is 0 Å². The van der Waals surface area contributed by atoms with Crippen LogP contribution in [0, 0.1) is 11.3 Å². The van der Waals surface area contributed by atoms with Gasteiger partial charge >= 0.3 is 0 Å². The van der Waals surface area contributed by atoms with Crippen LogP contribution >= 0.6 is 0 Å². The smallest absolute Gasteiger partial charge is 0.0499 e. The predicted molar refractivity (Wildman–Crippen MR) is 47.3 cm³/mol. The predicted octanol–water partition coefficient (Wildman–Crippen LogP) is 2.36. The Bertz CT molecular complexity index is 168. The van der Waals surface area contributed by atoms with E-state index in [0.29, 0.717) is 17.9 Å². The molecule has 1 rings (SSSR count). The molecule has 0 bridgehead atoms. The molecule has 1 heteroatoms. The van der Waals surface area contributed by atoms with Crippen molar-refractivity contribution in [3.8, 4) is 0 Å². The summed E-state index contributed by atoms with van der Waals surface area (Å²) < 4.78 is 0. The standard InChI is InChI=1S/C10H18O/c1-8-4-5-10(2,3)9(6-8)7-11/h6,9,11H,4-5,7H2,1-3H3. The number of rotatable bonds is 1. The molecule has 0 heterocycles. The van der Waals surface area contributed by atoms with Crippen LogP contribution in [0.3, 0.4) is 0 Å². The molecule has 0 aliphatic heterocycles. The van der Waals surface area contributed by atoms with Crippen LogP contribution < -0.4 is 0 Å². The van der Waals surface area contributed by atoms with E-state index in [1.165, 1.54) is 18.4 Å². The zero-order valence-electron chi connectivity index (χ0n) is 7.72. The Hall–Kier alpha value is -0.300. The fourth-order valence-electron chi connectivity index (χ4n) is 1.66. The van der Waals surface area contributed by atoms with Gasteiger partial charge in [-0.25, -0.2) is 0 Å². The van der Waals surface area contributed by atoms with Gasteiger partial charge in [-0.05, 0) is 25.2 Å². The fourth-order valence-corrected chi connectivity index (χ4v) is 1.66. The average Bonchev–Trinajstić information content (AvgIpc) is 1.94. The normalized spacial score (nSPS) is 29.8. The lowest BCUT2D eigenvalue weighted by molar-refractivity contribution is 0.135. The first-order valence-electron chi connectivity index (χ1n) is 4.34. The fraction of sp³-hybridized carbons (Fsp3) is 0.800. The summed E-state index contributed by atoms with van der Waals surface area (Å²) in [6, 6.07) is 0. The van der Waals surface area contributed by atoms with E-state index in [-0.39, 0.29) is 0 Å². The van der Waals surface area contributed by atoms with Crippen molar-refractivity contribution < 1.29 is 5.11 Å². The van der Waals surface area contributed by atoms with E-state index in [4.69, 9.17) is 5.11 Å². The molecule has 0 amide bonds. The third-order valence-corrected chi connectivity index (χ3v) is 2.85. The van der Waals surface area contributed by atoms with Gasteiger partial charge in [0, 0.05) is 12.5 Å². The van der Waals surface area contributed by atoms with Crippen molar-refractivity contribution >= 4 is 0 Å². The number of hydrogen-bond donors (Lipinski definition) is 1. The third kappa shape index (κ3) is 1.84. The van der Waals surface area contributed by atoms with Crippen LogP contribution in [-0.4, -0.2) is 11.7 Å². The molecule has 0 aromatic heterocycles. The Morgan fingerprint density at radius 2 is 2.27 bits per heavy atom. The maximum atomic E-state index is 9.10. The molecule has 64 valence electrons.